The quantitative estimate of drug-likeness (QED) is 0.390. The van der Waals surface area contributed by atoms with E-state index >= 15 is 0 Å². The summed E-state index contributed by atoms with van der Waals surface area (Å²) in [7, 11) is 0. The molecule has 1 amide bonds. The normalized spacial score (nSPS) is 10.9. The van der Waals surface area contributed by atoms with Gasteiger partial charge in [0.2, 0.25) is 0 Å². The van der Waals surface area contributed by atoms with E-state index in [0.717, 1.165) is 26.2 Å². The van der Waals surface area contributed by atoms with E-state index in [-0.39, 0.29) is 11.5 Å². The van der Waals surface area contributed by atoms with Gasteiger partial charge < -0.3 is 10.1 Å². The number of benzene rings is 2. The van der Waals surface area contributed by atoms with Crippen molar-refractivity contribution in [2.45, 2.75) is 13.2 Å². The zero-order valence-corrected chi connectivity index (χ0v) is 17.3. The number of carbonyl (C=O) groups excluding carboxylic acids is 1. The van der Waals surface area contributed by atoms with Crippen LogP contribution in [0.4, 0.5) is 0 Å². The van der Waals surface area contributed by atoms with Crippen LogP contribution in [0.25, 0.3) is 6.08 Å². The van der Waals surface area contributed by atoms with Gasteiger partial charge >= 0.3 is 0 Å². The molecule has 6 heteroatoms. The molecule has 1 N–H and O–H groups in total. The van der Waals surface area contributed by atoms with Crippen molar-refractivity contribution in [2.24, 2.45) is 0 Å². The Bertz CT molecular complexity index is 989. The standard InChI is InChI=1S/C22H17BrN2O2S/c23-19-7-3-17(4-8-19)15-27-20-9-5-16(6-10-20)12-18(13-24)22(26)25-14-21-2-1-11-28-21/h1-12H,14-15H2,(H,25,26). The fourth-order valence-corrected chi connectivity index (χ4v) is 3.31. The van der Waals surface area contributed by atoms with Crippen LogP contribution < -0.4 is 10.1 Å². The Hall–Kier alpha value is -2.88. The molecule has 0 aliphatic rings. The minimum absolute atomic E-state index is 0.0695. The lowest BCUT2D eigenvalue weighted by atomic mass is 10.1. The Kier molecular flexibility index (Phi) is 7.01. The number of nitriles is 1. The molecule has 0 bridgehead atoms. The molecule has 140 valence electrons. The van der Waals surface area contributed by atoms with E-state index in [4.69, 9.17) is 4.74 Å². The first-order chi connectivity index (χ1) is 13.6. The van der Waals surface area contributed by atoms with E-state index in [9.17, 15) is 10.1 Å². The van der Waals surface area contributed by atoms with Gasteiger partial charge in [-0.25, -0.2) is 0 Å². The number of ether oxygens (including phenoxy) is 1. The Morgan fingerprint density at radius 2 is 1.89 bits per heavy atom. The van der Waals surface area contributed by atoms with Gasteiger partial charge in [0.1, 0.15) is 24.0 Å². The molecule has 4 nitrogen and oxygen atoms in total. The van der Waals surface area contributed by atoms with Crippen molar-refractivity contribution < 1.29 is 9.53 Å². The molecule has 0 saturated heterocycles. The van der Waals surface area contributed by atoms with Gasteiger partial charge in [0, 0.05) is 9.35 Å². The lowest BCUT2D eigenvalue weighted by Crippen LogP contribution is -2.23. The van der Waals surface area contributed by atoms with Crippen LogP contribution in [-0.2, 0) is 17.9 Å². The van der Waals surface area contributed by atoms with E-state index < -0.39 is 0 Å². The van der Waals surface area contributed by atoms with E-state index in [1.165, 1.54) is 0 Å². The van der Waals surface area contributed by atoms with Crippen molar-refractivity contribution in [1.82, 2.24) is 5.32 Å². The highest BCUT2D eigenvalue weighted by Crippen LogP contribution is 2.17. The molecule has 3 rings (SSSR count). The maximum Gasteiger partial charge on any atom is 0.262 e. The summed E-state index contributed by atoms with van der Waals surface area (Å²) >= 11 is 4.97. The number of nitrogens with one attached hydrogen (secondary N) is 1. The fourth-order valence-electron chi connectivity index (χ4n) is 2.40. The molecule has 3 aromatic rings. The monoisotopic (exact) mass is 452 g/mol. The molecule has 0 fully saturated rings. The number of halogens is 1. The zero-order chi connectivity index (χ0) is 19.8. The van der Waals surface area contributed by atoms with E-state index in [0.29, 0.717) is 13.2 Å². The molecular weight excluding hydrogens is 436 g/mol. The van der Waals surface area contributed by atoms with Gasteiger partial charge in [-0.05, 0) is 52.9 Å². The van der Waals surface area contributed by atoms with Crippen LogP contribution in [0, 0.1) is 11.3 Å². The second-order valence-electron chi connectivity index (χ2n) is 5.92. The lowest BCUT2D eigenvalue weighted by molar-refractivity contribution is -0.117. The van der Waals surface area contributed by atoms with Crippen LogP contribution in [0.1, 0.15) is 16.0 Å². The number of hydrogen-bond donors (Lipinski definition) is 1. The first-order valence-electron chi connectivity index (χ1n) is 8.54. The third-order valence-corrected chi connectivity index (χ3v) is 5.28. The molecular formula is C22H17BrN2O2S. The van der Waals surface area contributed by atoms with Crippen molar-refractivity contribution >= 4 is 39.2 Å². The smallest absolute Gasteiger partial charge is 0.262 e. The highest BCUT2D eigenvalue weighted by Gasteiger charge is 2.09. The summed E-state index contributed by atoms with van der Waals surface area (Å²) in [6, 6.07) is 21.0. The Morgan fingerprint density at radius 1 is 1.14 bits per heavy atom. The molecule has 1 heterocycles. The molecule has 0 unspecified atom stereocenters. The van der Waals surface area contributed by atoms with Crippen molar-refractivity contribution in [3.63, 3.8) is 0 Å². The number of carbonyl (C=O) groups is 1. The summed E-state index contributed by atoms with van der Waals surface area (Å²) in [6.45, 7) is 0.884. The Labute approximate surface area is 176 Å². The summed E-state index contributed by atoms with van der Waals surface area (Å²) in [5.41, 5.74) is 1.90. The number of rotatable bonds is 7. The molecule has 1 aromatic heterocycles. The van der Waals surface area contributed by atoms with Gasteiger partial charge in [-0.2, -0.15) is 5.26 Å². The lowest BCUT2D eigenvalue weighted by Gasteiger charge is -2.07. The predicted octanol–water partition coefficient (Wildman–Crippen LogP) is 5.31. The van der Waals surface area contributed by atoms with Gasteiger partial charge in [0.05, 0.1) is 6.54 Å². The minimum Gasteiger partial charge on any atom is -0.489 e. The fraction of sp³-hybridized carbons (Fsp3) is 0.0909. The number of hydrogen-bond acceptors (Lipinski definition) is 4. The largest absolute Gasteiger partial charge is 0.489 e. The van der Waals surface area contributed by atoms with Gasteiger partial charge in [0.25, 0.3) is 5.91 Å². The van der Waals surface area contributed by atoms with Crippen molar-refractivity contribution in [2.75, 3.05) is 0 Å². The maximum absolute atomic E-state index is 12.2. The predicted molar refractivity (Wildman–Crippen MR) is 115 cm³/mol. The molecule has 0 aliphatic carbocycles. The van der Waals surface area contributed by atoms with Gasteiger partial charge in [-0.1, -0.05) is 46.3 Å². The van der Waals surface area contributed by atoms with Crippen LogP contribution in [0.3, 0.4) is 0 Å². The van der Waals surface area contributed by atoms with Crippen LogP contribution in [0.5, 0.6) is 5.75 Å². The van der Waals surface area contributed by atoms with Gasteiger partial charge in [0.15, 0.2) is 0 Å². The van der Waals surface area contributed by atoms with Crippen molar-refractivity contribution in [3.05, 3.63) is 92.1 Å². The molecule has 0 aliphatic heterocycles. The summed E-state index contributed by atoms with van der Waals surface area (Å²) in [6.07, 6.45) is 1.57. The SMILES string of the molecule is N#CC(=Cc1ccc(OCc2ccc(Br)cc2)cc1)C(=O)NCc1cccs1. The topological polar surface area (TPSA) is 62.1 Å². The van der Waals surface area contributed by atoms with Crippen LogP contribution in [0.15, 0.2) is 76.1 Å². The summed E-state index contributed by atoms with van der Waals surface area (Å²) < 4.78 is 6.79. The Morgan fingerprint density at radius 3 is 2.54 bits per heavy atom. The third-order valence-electron chi connectivity index (χ3n) is 3.88. The zero-order valence-electron chi connectivity index (χ0n) is 14.9. The minimum atomic E-state index is -0.383. The molecule has 0 atom stereocenters. The first-order valence-corrected chi connectivity index (χ1v) is 10.2. The van der Waals surface area contributed by atoms with E-state index in [2.05, 4.69) is 21.2 Å². The highest BCUT2D eigenvalue weighted by atomic mass is 79.9. The van der Waals surface area contributed by atoms with Crippen LogP contribution in [0.2, 0.25) is 0 Å². The van der Waals surface area contributed by atoms with E-state index in [1.54, 1.807) is 17.4 Å². The second-order valence-corrected chi connectivity index (χ2v) is 7.86. The molecule has 28 heavy (non-hydrogen) atoms. The number of thiophene rings is 1. The van der Waals surface area contributed by atoms with E-state index in [1.807, 2.05) is 72.1 Å². The third kappa shape index (κ3) is 5.81. The molecule has 0 radical (unpaired) electrons. The number of amides is 1. The molecule has 2 aromatic carbocycles. The van der Waals surface area contributed by atoms with Crippen LogP contribution in [-0.4, -0.2) is 5.91 Å². The summed E-state index contributed by atoms with van der Waals surface area (Å²) in [4.78, 5) is 13.2. The van der Waals surface area contributed by atoms with Crippen molar-refractivity contribution in [1.29, 1.82) is 5.26 Å². The average Bonchev–Trinajstić information content (AvgIpc) is 3.24. The summed E-state index contributed by atoms with van der Waals surface area (Å²) in [5, 5.41) is 14.0. The Balaban J connectivity index is 1.58. The average molecular weight is 453 g/mol. The van der Waals surface area contributed by atoms with Crippen molar-refractivity contribution in [3.8, 4) is 11.8 Å². The number of nitrogens with zero attached hydrogens (tertiary/aromatic N) is 1. The molecule has 0 saturated carbocycles. The maximum atomic E-state index is 12.2. The second kappa shape index (κ2) is 9.88. The molecule has 0 spiro atoms. The summed E-state index contributed by atoms with van der Waals surface area (Å²) in [5.74, 6) is 0.340. The van der Waals surface area contributed by atoms with Crippen LogP contribution >= 0.6 is 27.3 Å². The highest BCUT2D eigenvalue weighted by molar-refractivity contribution is 9.10. The first kappa shape index (κ1) is 19.9. The van der Waals surface area contributed by atoms with Gasteiger partial charge in [-0.15, -0.1) is 11.3 Å². The van der Waals surface area contributed by atoms with Gasteiger partial charge in [-0.3, -0.25) is 4.79 Å².